The van der Waals surface area contributed by atoms with Gasteiger partial charge in [0.15, 0.2) is 0 Å². The molecule has 1 N–H and O–H groups in total. The number of hydrogen-bond acceptors (Lipinski definition) is 1. The van der Waals surface area contributed by atoms with Crippen LogP contribution in [0.1, 0.15) is 38.7 Å². The van der Waals surface area contributed by atoms with E-state index in [4.69, 9.17) is 0 Å². The third kappa shape index (κ3) is 2.74. The van der Waals surface area contributed by atoms with Gasteiger partial charge in [0, 0.05) is 11.7 Å². The SMILES string of the molecule is CCCc1ccccc1NC(C)C1CC1. The van der Waals surface area contributed by atoms with E-state index in [2.05, 4.69) is 43.4 Å². The van der Waals surface area contributed by atoms with E-state index in [9.17, 15) is 0 Å². The van der Waals surface area contributed by atoms with E-state index >= 15 is 0 Å². The van der Waals surface area contributed by atoms with E-state index in [0.29, 0.717) is 6.04 Å². The Bertz CT molecular complexity index is 315. The summed E-state index contributed by atoms with van der Waals surface area (Å²) in [6.45, 7) is 4.54. The summed E-state index contributed by atoms with van der Waals surface area (Å²) in [5.41, 5.74) is 2.81. The van der Waals surface area contributed by atoms with E-state index in [0.717, 1.165) is 5.92 Å². The number of benzene rings is 1. The van der Waals surface area contributed by atoms with Gasteiger partial charge in [0.05, 0.1) is 0 Å². The van der Waals surface area contributed by atoms with Crippen LogP contribution in [-0.2, 0) is 6.42 Å². The van der Waals surface area contributed by atoms with Gasteiger partial charge in [-0.2, -0.15) is 0 Å². The maximum absolute atomic E-state index is 3.66. The Labute approximate surface area is 92.9 Å². The van der Waals surface area contributed by atoms with Crippen molar-refractivity contribution < 1.29 is 0 Å². The monoisotopic (exact) mass is 203 g/mol. The summed E-state index contributed by atoms with van der Waals surface area (Å²) in [6.07, 6.45) is 5.21. The molecule has 82 valence electrons. The fourth-order valence-electron chi connectivity index (χ4n) is 2.11. The van der Waals surface area contributed by atoms with Gasteiger partial charge in [0.2, 0.25) is 0 Å². The van der Waals surface area contributed by atoms with Gasteiger partial charge in [0.1, 0.15) is 0 Å². The minimum absolute atomic E-state index is 0.642. The Balaban J connectivity index is 2.04. The number of rotatable bonds is 5. The molecule has 0 aliphatic heterocycles. The summed E-state index contributed by atoms with van der Waals surface area (Å²) in [6, 6.07) is 9.36. The van der Waals surface area contributed by atoms with Crippen LogP contribution in [-0.4, -0.2) is 6.04 Å². The van der Waals surface area contributed by atoms with Crippen molar-refractivity contribution >= 4 is 5.69 Å². The fraction of sp³-hybridized carbons (Fsp3) is 0.571. The largest absolute Gasteiger partial charge is 0.382 e. The average molecular weight is 203 g/mol. The van der Waals surface area contributed by atoms with Crippen molar-refractivity contribution in [1.29, 1.82) is 0 Å². The van der Waals surface area contributed by atoms with Crippen LogP contribution < -0.4 is 5.32 Å². The van der Waals surface area contributed by atoms with Crippen LogP contribution in [0.4, 0.5) is 5.69 Å². The molecule has 0 spiro atoms. The number of aryl methyl sites for hydroxylation is 1. The highest BCUT2D eigenvalue weighted by molar-refractivity contribution is 5.52. The molecule has 1 heteroatoms. The van der Waals surface area contributed by atoms with Crippen molar-refractivity contribution in [3.8, 4) is 0 Å². The molecule has 0 heterocycles. The minimum Gasteiger partial charge on any atom is -0.382 e. The summed E-state index contributed by atoms with van der Waals surface area (Å²) >= 11 is 0. The Morgan fingerprint density at radius 2 is 2.07 bits per heavy atom. The van der Waals surface area contributed by atoms with Gasteiger partial charge in [-0.25, -0.2) is 0 Å². The first kappa shape index (κ1) is 10.5. The third-order valence-corrected chi connectivity index (χ3v) is 3.25. The van der Waals surface area contributed by atoms with E-state index in [1.807, 2.05) is 0 Å². The van der Waals surface area contributed by atoms with Crippen LogP contribution in [0.2, 0.25) is 0 Å². The first-order chi connectivity index (χ1) is 7.31. The zero-order chi connectivity index (χ0) is 10.7. The first-order valence-electron chi connectivity index (χ1n) is 6.15. The molecular weight excluding hydrogens is 182 g/mol. The zero-order valence-corrected chi connectivity index (χ0v) is 9.79. The summed E-state index contributed by atoms with van der Waals surface area (Å²) in [5.74, 6) is 0.916. The number of anilines is 1. The van der Waals surface area contributed by atoms with Crippen molar-refractivity contribution in [2.24, 2.45) is 5.92 Å². The highest BCUT2D eigenvalue weighted by Crippen LogP contribution is 2.34. The zero-order valence-electron chi connectivity index (χ0n) is 9.79. The number of para-hydroxylation sites is 1. The Morgan fingerprint density at radius 3 is 2.73 bits per heavy atom. The lowest BCUT2D eigenvalue weighted by atomic mass is 10.1. The van der Waals surface area contributed by atoms with E-state index < -0.39 is 0 Å². The lowest BCUT2D eigenvalue weighted by Crippen LogP contribution is -2.18. The molecule has 1 fully saturated rings. The van der Waals surface area contributed by atoms with Crippen molar-refractivity contribution in [3.63, 3.8) is 0 Å². The first-order valence-corrected chi connectivity index (χ1v) is 6.15. The second-order valence-corrected chi connectivity index (χ2v) is 4.68. The van der Waals surface area contributed by atoms with Crippen molar-refractivity contribution in [2.45, 2.75) is 45.6 Å². The minimum atomic E-state index is 0.642. The molecule has 1 unspecified atom stereocenters. The highest BCUT2D eigenvalue weighted by atomic mass is 14.9. The van der Waals surface area contributed by atoms with Crippen molar-refractivity contribution in [2.75, 3.05) is 5.32 Å². The molecule has 0 amide bonds. The molecule has 1 atom stereocenters. The van der Waals surface area contributed by atoms with Gasteiger partial charge in [-0.1, -0.05) is 31.5 Å². The van der Waals surface area contributed by atoms with E-state index in [1.54, 1.807) is 0 Å². The molecule has 0 radical (unpaired) electrons. The van der Waals surface area contributed by atoms with Crippen molar-refractivity contribution in [1.82, 2.24) is 0 Å². The number of nitrogens with one attached hydrogen (secondary N) is 1. The van der Waals surface area contributed by atoms with Gasteiger partial charge >= 0.3 is 0 Å². The summed E-state index contributed by atoms with van der Waals surface area (Å²) < 4.78 is 0. The van der Waals surface area contributed by atoms with Gasteiger partial charge in [-0.05, 0) is 43.7 Å². The second-order valence-electron chi connectivity index (χ2n) is 4.68. The van der Waals surface area contributed by atoms with Crippen LogP contribution in [0.25, 0.3) is 0 Å². The summed E-state index contributed by atoms with van der Waals surface area (Å²) in [5, 5.41) is 3.66. The standard InChI is InChI=1S/C14H21N/c1-3-6-13-7-4-5-8-14(13)15-11(2)12-9-10-12/h4-5,7-8,11-12,15H,3,6,9-10H2,1-2H3. The van der Waals surface area contributed by atoms with Crippen LogP contribution in [0.15, 0.2) is 24.3 Å². The van der Waals surface area contributed by atoms with Gasteiger partial charge in [-0.3, -0.25) is 0 Å². The van der Waals surface area contributed by atoms with E-state index in [1.165, 1.54) is 36.9 Å². The topological polar surface area (TPSA) is 12.0 Å². The molecule has 1 aromatic carbocycles. The normalized spacial score (nSPS) is 17.5. The van der Waals surface area contributed by atoms with Crippen LogP contribution >= 0.6 is 0 Å². The predicted molar refractivity (Wildman–Crippen MR) is 66.2 cm³/mol. The third-order valence-electron chi connectivity index (χ3n) is 3.25. The molecule has 1 saturated carbocycles. The lowest BCUT2D eigenvalue weighted by Gasteiger charge is -2.17. The summed E-state index contributed by atoms with van der Waals surface area (Å²) in [7, 11) is 0. The van der Waals surface area contributed by atoms with Crippen molar-refractivity contribution in [3.05, 3.63) is 29.8 Å². The molecule has 15 heavy (non-hydrogen) atoms. The molecule has 0 aromatic heterocycles. The molecule has 0 bridgehead atoms. The predicted octanol–water partition coefficient (Wildman–Crippen LogP) is 3.85. The molecular formula is C14H21N. The van der Waals surface area contributed by atoms with Crippen LogP contribution in [0.3, 0.4) is 0 Å². The molecule has 1 aromatic rings. The maximum atomic E-state index is 3.66. The summed E-state index contributed by atoms with van der Waals surface area (Å²) in [4.78, 5) is 0. The Hall–Kier alpha value is -0.980. The van der Waals surface area contributed by atoms with Crippen LogP contribution in [0.5, 0.6) is 0 Å². The van der Waals surface area contributed by atoms with E-state index in [-0.39, 0.29) is 0 Å². The molecule has 1 nitrogen and oxygen atoms in total. The second kappa shape index (κ2) is 4.69. The maximum Gasteiger partial charge on any atom is 0.0374 e. The molecule has 2 rings (SSSR count). The van der Waals surface area contributed by atoms with Crippen LogP contribution in [0, 0.1) is 5.92 Å². The number of hydrogen-bond donors (Lipinski definition) is 1. The van der Waals surface area contributed by atoms with Gasteiger partial charge in [0.25, 0.3) is 0 Å². The van der Waals surface area contributed by atoms with Gasteiger partial charge in [-0.15, -0.1) is 0 Å². The molecule has 1 aliphatic carbocycles. The average Bonchev–Trinajstić information content (AvgIpc) is 3.04. The molecule has 0 saturated heterocycles. The fourth-order valence-corrected chi connectivity index (χ4v) is 2.11. The smallest absolute Gasteiger partial charge is 0.0374 e. The highest BCUT2D eigenvalue weighted by Gasteiger charge is 2.27. The Morgan fingerprint density at radius 1 is 1.33 bits per heavy atom. The van der Waals surface area contributed by atoms with Gasteiger partial charge < -0.3 is 5.32 Å². The molecule has 1 aliphatic rings. The quantitative estimate of drug-likeness (QED) is 0.766. The Kier molecular flexibility index (Phi) is 3.30. The lowest BCUT2D eigenvalue weighted by molar-refractivity contribution is 0.692.